The van der Waals surface area contributed by atoms with Gasteiger partial charge in [-0.3, -0.25) is 4.79 Å². The lowest BCUT2D eigenvalue weighted by molar-refractivity contribution is 0.112. The molecular weight excluding hydrogens is 222 g/mol. The van der Waals surface area contributed by atoms with Crippen LogP contribution in [-0.2, 0) is 0 Å². The van der Waals surface area contributed by atoms with Gasteiger partial charge in [0.05, 0.1) is 5.52 Å². The number of fused-ring (bicyclic) bond motifs is 1. The SMILES string of the molecule is O=Cc1nc2ccccc2cc1-c1ccccc1. The van der Waals surface area contributed by atoms with E-state index in [0.717, 1.165) is 28.3 Å². The van der Waals surface area contributed by atoms with Gasteiger partial charge in [-0.2, -0.15) is 0 Å². The van der Waals surface area contributed by atoms with Gasteiger partial charge >= 0.3 is 0 Å². The topological polar surface area (TPSA) is 30.0 Å². The Morgan fingerprint density at radius 2 is 1.61 bits per heavy atom. The van der Waals surface area contributed by atoms with Gasteiger partial charge in [0.25, 0.3) is 0 Å². The number of carbonyl (C=O) groups is 1. The monoisotopic (exact) mass is 233 g/mol. The third kappa shape index (κ3) is 1.78. The van der Waals surface area contributed by atoms with E-state index in [1.54, 1.807) is 0 Å². The lowest BCUT2D eigenvalue weighted by Crippen LogP contribution is -1.93. The van der Waals surface area contributed by atoms with Gasteiger partial charge < -0.3 is 0 Å². The summed E-state index contributed by atoms with van der Waals surface area (Å²) < 4.78 is 0. The highest BCUT2D eigenvalue weighted by molar-refractivity contribution is 5.93. The highest BCUT2D eigenvalue weighted by Gasteiger charge is 2.07. The Hall–Kier alpha value is -2.48. The van der Waals surface area contributed by atoms with E-state index >= 15 is 0 Å². The van der Waals surface area contributed by atoms with Crippen molar-refractivity contribution in [3.63, 3.8) is 0 Å². The van der Waals surface area contributed by atoms with Crippen LogP contribution in [0.1, 0.15) is 10.5 Å². The predicted molar refractivity (Wildman–Crippen MR) is 72.6 cm³/mol. The molecule has 0 amide bonds. The zero-order valence-electron chi connectivity index (χ0n) is 9.71. The predicted octanol–water partition coefficient (Wildman–Crippen LogP) is 3.71. The van der Waals surface area contributed by atoms with Crippen LogP contribution in [0.25, 0.3) is 22.0 Å². The van der Waals surface area contributed by atoms with Gasteiger partial charge in [0.15, 0.2) is 6.29 Å². The second-order valence-electron chi connectivity index (χ2n) is 4.10. The number of pyridine rings is 1. The third-order valence-corrected chi connectivity index (χ3v) is 2.95. The van der Waals surface area contributed by atoms with Crippen LogP contribution < -0.4 is 0 Å². The second kappa shape index (κ2) is 4.41. The molecule has 1 heterocycles. The zero-order chi connectivity index (χ0) is 12.4. The summed E-state index contributed by atoms with van der Waals surface area (Å²) in [6, 6.07) is 19.7. The highest BCUT2D eigenvalue weighted by atomic mass is 16.1. The molecule has 1 aromatic heterocycles. The van der Waals surface area contributed by atoms with Crippen LogP contribution in [0, 0.1) is 0 Å². The molecule has 0 unspecified atom stereocenters. The molecular formula is C16H11NO. The number of benzene rings is 2. The maximum Gasteiger partial charge on any atom is 0.169 e. The lowest BCUT2D eigenvalue weighted by atomic mass is 10.0. The van der Waals surface area contributed by atoms with Crippen LogP contribution in [0.5, 0.6) is 0 Å². The molecule has 0 bridgehead atoms. The molecule has 86 valence electrons. The number of carbonyl (C=O) groups excluding carboxylic acids is 1. The summed E-state index contributed by atoms with van der Waals surface area (Å²) in [5.41, 5.74) is 3.22. The van der Waals surface area contributed by atoms with Crippen molar-refractivity contribution in [1.82, 2.24) is 4.98 Å². The maximum atomic E-state index is 11.2. The molecule has 2 aromatic carbocycles. The molecule has 0 N–H and O–H groups in total. The van der Waals surface area contributed by atoms with E-state index in [1.165, 1.54) is 0 Å². The second-order valence-corrected chi connectivity index (χ2v) is 4.10. The summed E-state index contributed by atoms with van der Waals surface area (Å²) in [6.07, 6.45) is 0.814. The number of para-hydroxylation sites is 1. The highest BCUT2D eigenvalue weighted by Crippen LogP contribution is 2.25. The fourth-order valence-electron chi connectivity index (χ4n) is 2.07. The quantitative estimate of drug-likeness (QED) is 0.631. The van der Waals surface area contributed by atoms with Crippen molar-refractivity contribution in [2.24, 2.45) is 0 Å². The van der Waals surface area contributed by atoms with Crippen molar-refractivity contribution in [1.29, 1.82) is 0 Å². The summed E-state index contributed by atoms with van der Waals surface area (Å²) in [5.74, 6) is 0. The molecule has 0 atom stereocenters. The molecule has 0 aliphatic carbocycles. The van der Waals surface area contributed by atoms with Crippen molar-refractivity contribution >= 4 is 17.2 Å². The fourth-order valence-corrected chi connectivity index (χ4v) is 2.07. The first-order valence-corrected chi connectivity index (χ1v) is 5.79. The largest absolute Gasteiger partial charge is 0.296 e. The van der Waals surface area contributed by atoms with Crippen LogP contribution in [0.2, 0.25) is 0 Å². The molecule has 3 aromatic rings. The molecule has 2 nitrogen and oxygen atoms in total. The van der Waals surface area contributed by atoms with Gasteiger partial charge in [-0.1, -0.05) is 48.5 Å². The summed E-state index contributed by atoms with van der Waals surface area (Å²) in [7, 11) is 0. The summed E-state index contributed by atoms with van der Waals surface area (Å²) >= 11 is 0. The first-order chi connectivity index (χ1) is 8.88. The molecule has 0 spiro atoms. The molecule has 2 heteroatoms. The number of rotatable bonds is 2. The van der Waals surface area contributed by atoms with E-state index in [1.807, 2.05) is 60.7 Å². The normalized spacial score (nSPS) is 10.4. The van der Waals surface area contributed by atoms with Gasteiger partial charge in [-0.25, -0.2) is 4.98 Å². The Morgan fingerprint density at radius 1 is 0.889 bits per heavy atom. The standard InChI is InChI=1S/C16H11NO/c18-11-16-14(12-6-2-1-3-7-12)10-13-8-4-5-9-15(13)17-16/h1-11H. The first-order valence-electron chi connectivity index (χ1n) is 5.79. The number of nitrogens with zero attached hydrogens (tertiary/aromatic N) is 1. The number of aldehydes is 1. The van der Waals surface area contributed by atoms with Crippen LogP contribution in [0.3, 0.4) is 0 Å². The van der Waals surface area contributed by atoms with Crippen molar-refractivity contribution < 1.29 is 4.79 Å². The number of hydrogen-bond donors (Lipinski definition) is 0. The maximum absolute atomic E-state index is 11.2. The van der Waals surface area contributed by atoms with Gasteiger partial charge in [0, 0.05) is 10.9 Å². The Labute approximate surface area is 105 Å². The van der Waals surface area contributed by atoms with Crippen LogP contribution in [0.4, 0.5) is 0 Å². The van der Waals surface area contributed by atoms with E-state index < -0.39 is 0 Å². The average Bonchev–Trinajstić information content (AvgIpc) is 2.46. The number of aromatic nitrogens is 1. The van der Waals surface area contributed by atoms with Crippen molar-refractivity contribution in [2.45, 2.75) is 0 Å². The van der Waals surface area contributed by atoms with E-state index in [9.17, 15) is 4.79 Å². The number of hydrogen-bond acceptors (Lipinski definition) is 2. The van der Waals surface area contributed by atoms with Gasteiger partial charge in [0.2, 0.25) is 0 Å². The molecule has 0 fully saturated rings. The Morgan fingerprint density at radius 3 is 2.39 bits per heavy atom. The van der Waals surface area contributed by atoms with Crippen LogP contribution >= 0.6 is 0 Å². The summed E-state index contributed by atoms with van der Waals surface area (Å²) in [5, 5.41) is 1.04. The Kier molecular flexibility index (Phi) is 2.61. The van der Waals surface area contributed by atoms with Gasteiger partial charge in [-0.05, 0) is 17.7 Å². The Bertz CT molecular complexity index is 705. The summed E-state index contributed by atoms with van der Waals surface area (Å²) in [6.45, 7) is 0. The van der Waals surface area contributed by atoms with E-state index in [2.05, 4.69) is 4.98 Å². The van der Waals surface area contributed by atoms with E-state index in [-0.39, 0.29) is 0 Å². The smallest absolute Gasteiger partial charge is 0.169 e. The minimum Gasteiger partial charge on any atom is -0.296 e. The van der Waals surface area contributed by atoms with Crippen LogP contribution in [0.15, 0.2) is 60.7 Å². The van der Waals surface area contributed by atoms with Gasteiger partial charge in [0.1, 0.15) is 5.69 Å². The van der Waals surface area contributed by atoms with E-state index in [4.69, 9.17) is 0 Å². The molecule has 0 saturated heterocycles. The van der Waals surface area contributed by atoms with Crippen LogP contribution in [-0.4, -0.2) is 11.3 Å². The molecule has 3 rings (SSSR count). The zero-order valence-corrected chi connectivity index (χ0v) is 9.71. The lowest BCUT2D eigenvalue weighted by Gasteiger charge is -2.06. The minimum absolute atomic E-state index is 0.486. The van der Waals surface area contributed by atoms with Crippen molar-refractivity contribution in [2.75, 3.05) is 0 Å². The average molecular weight is 233 g/mol. The first kappa shape index (κ1) is 10.7. The molecule has 0 aliphatic rings. The van der Waals surface area contributed by atoms with Crippen molar-refractivity contribution in [3.8, 4) is 11.1 Å². The third-order valence-electron chi connectivity index (χ3n) is 2.95. The van der Waals surface area contributed by atoms with Gasteiger partial charge in [-0.15, -0.1) is 0 Å². The Balaban J connectivity index is 2.31. The summed E-state index contributed by atoms with van der Waals surface area (Å²) in [4.78, 5) is 15.6. The molecule has 18 heavy (non-hydrogen) atoms. The fraction of sp³-hybridized carbons (Fsp3) is 0. The van der Waals surface area contributed by atoms with Crippen molar-refractivity contribution in [3.05, 3.63) is 66.4 Å². The minimum atomic E-state index is 0.486. The van der Waals surface area contributed by atoms with E-state index in [0.29, 0.717) is 5.69 Å². The molecule has 0 aliphatic heterocycles. The molecule has 0 saturated carbocycles. The molecule has 0 radical (unpaired) electrons.